The first-order valence-corrected chi connectivity index (χ1v) is 9.41. The van der Waals surface area contributed by atoms with E-state index in [0.29, 0.717) is 5.38 Å². The van der Waals surface area contributed by atoms with E-state index in [2.05, 4.69) is 32.0 Å². The van der Waals surface area contributed by atoms with Gasteiger partial charge in [0.05, 0.1) is 12.7 Å². The highest BCUT2D eigenvalue weighted by molar-refractivity contribution is 6.20. The molecule has 0 aliphatic rings. The minimum absolute atomic E-state index is 0.156. The number of hydrogen-bond acceptors (Lipinski definition) is 2. The molecule has 0 radical (unpaired) electrons. The predicted octanol–water partition coefficient (Wildman–Crippen LogP) is 6.50. The molecule has 2 aromatic rings. The van der Waals surface area contributed by atoms with Gasteiger partial charge in [-0.2, -0.15) is 0 Å². The highest BCUT2D eigenvalue weighted by atomic mass is 35.5. The van der Waals surface area contributed by atoms with E-state index < -0.39 is 0 Å². The lowest BCUT2D eigenvalue weighted by atomic mass is 10.1. The van der Waals surface area contributed by atoms with Crippen molar-refractivity contribution >= 4 is 22.4 Å². The third-order valence-electron chi connectivity index (χ3n) is 4.07. The second-order valence-corrected chi connectivity index (χ2v) is 7.24. The van der Waals surface area contributed by atoms with Gasteiger partial charge in [0, 0.05) is 16.1 Å². The molecule has 0 aliphatic heterocycles. The van der Waals surface area contributed by atoms with Crippen molar-refractivity contribution in [3.05, 3.63) is 35.9 Å². The van der Waals surface area contributed by atoms with Crippen LogP contribution in [0.15, 0.2) is 30.3 Å². The number of hydrogen-bond donors (Lipinski definition) is 0. The molecule has 0 N–H and O–H groups in total. The van der Waals surface area contributed by atoms with Crippen molar-refractivity contribution in [1.29, 1.82) is 0 Å². The summed E-state index contributed by atoms with van der Waals surface area (Å²) in [7, 11) is 0. The van der Waals surface area contributed by atoms with Crippen LogP contribution >= 0.6 is 11.6 Å². The monoisotopic (exact) mass is 348 g/mol. The number of benzene rings is 2. The van der Waals surface area contributed by atoms with E-state index in [9.17, 15) is 0 Å². The molecule has 24 heavy (non-hydrogen) atoms. The summed E-state index contributed by atoms with van der Waals surface area (Å²) in [5.74, 6) is 1.85. The van der Waals surface area contributed by atoms with Gasteiger partial charge in [0.25, 0.3) is 0 Å². The Bertz CT molecular complexity index is 652. The van der Waals surface area contributed by atoms with E-state index in [1.807, 2.05) is 26.0 Å². The van der Waals surface area contributed by atoms with Crippen LogP contribution in [0.25, 0.3) is 10.8 Å². The second-order valence-electron chi connectivity index (χ2n) is 6.63. The van der Waals surface area contributed by atoms with Gasteiger partial charge in [0.1, 0.15) is 11.5 Å². The Balaban J connectivity index is 2.08. The summed E-state index contributed by atoms with van der Waals surface area (Å²) in [5, 5.41) is 2.52. The summed E-state index contributed by atoms with van der Waals surface area (Å²) >= 11 is 6.16. The minimum atomic E-state index is 0.156. The zero-order valence-corrected chi connectivity index (χ0v) is 16.0. The first-order valence-electron chi connectivity index (χ1n) is 8.98. The maximum Gasteiger partial charge on any atom is 0.127 e. The number of fused-ring (bicyclic) bond motifs is 1. The van der Waals surface area contributed by atoms with E-state index in [4.69, 9.17) is 21.1 Å². The Labute approximate surface area is 151 Å². The van der Waals surface area contributed by atoms with Crippen LogP contribution in [-0.2, 0) is 0 Å². The Morgan fingerprint density at radius 3 is 2.46 bits per heavy atom. The van der Waals surface area contributed by atoms with Gasteiger partial charge in [-0.15, -0.1) is 11.6 Å². The third-order valence-corrected chi connectivity index (χ3v) is 4.59. The number of unbranched alkanes of at least 4 members (excludes halogenated alkanes) is 1. The van der Waals surface area contributed by atoms with E-state index in [1.54, 1.807) is 0 Å². The largest absolute Gasteiger partial charge is 0.493 e. The predicted molar refractivity (Wildman–Crippen MR) is 104 cm³/mol. The molecule has 0 fully saturated rings. The normalized spacial score (nSPS) is 12.6. The van der Waals surface area contributed by atoms with Crippen LogP contribution in [0.5, 0.6) is 11.5 Å². The summed E-state index contributed by atoms with van der Waals surface area (Å²) in [6.45, 7) is 9.05. The van der Waals surface area contributed by atoms with Gasteiger partial charge in [-0.25, -0.2) is 0 Å². The van der Waals surface area contributed by atoms with Crippen LogP contribution in [0.3, 0.4) is 0 Å². The van der Waals surface area contributed by atoms with Crippen LogP contribution in [0.4, 0.5) is 0 Å². The van der Waals surface area contributed by atoms with Gasteiger partial charge in [0.15, 0.2) is 0 Å². The van der Waals surface area contributed by atoms with Gasteiger partial charge in [-0.1, -0.05) is 24.6 Å². The van der Waals surface area contributed by atoms with Crippen LogP contribution in [0.1, 0.15) is 52.0 Å². The Morgan fingerprint density at radius 2 is 1.75 bits per heavy atom. The van der Waals surface area contributed by atoms with E-state index in [-0.39, 0.29) is 6.10 Å². The molecule has 2 rings (SSSR count). The fourth-order valence-electron chi connectivity index (χ4n) is 2.74. The van der Waals surface area contributed by atoms with E-state index in [1.165, 1.54) is 5.56 Å². The van der Waals surface area contributed by atoms with Gasteiger partial charge in [0.2, 0.25) is 0 Å². The summed E-state index contributed by atoms with van der Waals surface area (Å²) in [6, 6.07) is 10.4. The van der Waals surface area contributed by atoms with Crippen molar-refractivity contribution < 1.29 is 9.47 Å². The lowest BCUT2D eigenvalue weighted by molar-refractivity contribution is 0.245. The molecule has 1 atom stereocenters. The van der Waals surface area contributed by atoms with Gasteiger partial charge in [-0.3, -0.25) is 0 Å². The average Bonchev–Trinajstić information content (AvgIpc) is 2.55. The quantitative estimate of drug-likeness (QED) is 0.380. The Hall–Kier alpha value is -1.41. The molecule has 132 valence electrons. The molecule has 0 heterocycles. The molecule has 0 saturated carbocycles. The number of rotatable bonds is 9. The molecule has 0 bridgehead atoms. The maximum absolute atomic E-state index is 6.16. The van der Waals surface area contributed by atoms with Crippen molar-refractivity contribution in [2.45, 2.75) is 64.9 Å². The minimum Gasteiger partial charge on any atom is -0.493 e. The van der Waals surface area contributed by atoms with Crippen molar-refractivity contribution in [3.8, 4) is 11.5 Å². The van der Waals surface area contributed by atoms with Crippen molar-refractivity contribution in [1.82, 2.24) is 0 Å². The molecular formula is C21H29ClO2. The summed E-state index contributed by atoms with van der Waals surface area (Å²) in [6.07, 6.45) is 4.38. The Kier molecular flexibility index (Phi) is 7.23. The standard InChI is InChI=1S/C21H29ClO2/c1-5-17(22)8-6-7-13-23-20-11-12-21(24-15(2)3)18-10-9-16(4)14-19(18)20/h9-12,14-15,17H,5-8,13H2,1-4H3. The van der Waals surface area contributed by atoms with Crippen molar-refractivity contribution in [2.24, 2.45) is 0 Å². The van der Waals surface area contributed by atoms with Gasteiger partial charge in [-0.05, 0) is 64.7 Å². The topological polar surface area (TPSA) is 18.5 Å². The van der Waals surface area contributed by atoms with Crippen molar-refractivity contribution in [2.75, 3.05) is 6.61 Å². The number of alkyl halides is 1. The number of ether oxygens (including phenoxy) is 2. The SMILES string of the molecule is CCC(Cl)CCCCOc1ccc(OC(C)C)c2ccc(C)cc12. The van der Waals surface area contributed by atoms with Crippen LogP contribution in [0, 0.1) is 6.92 Å². The maximum atomic E-state index is 6.16. The van der Waals surface area contributed by atoms with E-state index >= 15 is 0 Å². The fraction of sp³-hybridized carbons (Fsp3) is 0.524. The highest BCUT2D eigenvalue weighted by Crippen LogP contribution is 2.34. The molecule has 0 saturated heterocycles. The molecule has 0 amide bonds. The number of halogens is 1. The van der Waals surface area contributed by atoms with Gasteiger partial charge < -0.3 is 9.47 Å². The molecule has 2 aromatic carbocycles. The molecule has 2 nitrogen and oxygen atoms in total. The van der Waals surface area contributed by atoms with E-state index in [0.717, 1.165) is 54.6 Å². The summed E-state index contributed by atoms with van der Waals surface area (Å²) in [4.78, 5) is 0. The van der Waals surface area contributed by atoms with Crippen LogP contribution in [-0.4, -0.2) is 18.1 Å². The zero-order chi connectivity index (χ0) is 17.5. The summed E-state index contributed by atoms with van der Waals surface area (Å²) in [5.41, 5.74) is 1.22. The third kappa shape index (κ3) is 5.31. The molecule has 0 aliphatic carbocycles. The summed E-state index contributed by atoms with van der Waals surface area (Å²) < 4.78 is 12.0. The fourth-order valence-corrected chi connectivity index (χ4v) is 2.90. The van der Waals surface area contributed by atoms with Gasteiger partial charge >= 0.3 is 0 Å². The van der Waals surface area contributed by atoms with Crippen LogP contribution < -0.4 is 9.47 Å². The first-order chi connectivity index (χ1) is 11.5. The Morgan fingerprint density at radius 1 is 1.00 bits per heavy atom. The molecule has 1 unspecified atom stereocenters. The average molecular weight is 349 g/mol. The molecule has 0 spiro atoms. The number of aryl methyl sites for hydroxylation is 1. The second kappa shape index (κ2) is 9.17. The smallest absolute Gasteiger partial charge is 0.127 e. The van der Waals surface area contributed by atoms with Crippen molar-refractivity contribution in [3.63, 3.8) is 0 Å². The molecule has 0 aromatic heterocycles. The highest BCUT2D eigenvalue weighted by Gasteiger charge is 2.10. The zero-order valence-electron chi connectivity index (χ0n) is 15.3. The molecule has 3 heteroatoms. The molecular weight excluding hydrogens is 320 g/mol. The lowest BCUT2D eigenvalue weighted by Gasteiger charge is -2.16. The first kappa shape index (κ1) is 18.9. The van der Waals surface area contributed by atoms with Crippen LogP contribution in [0.2, 0.25) is 0 Å². The lowest BCUT2D eigenvalue weighted by Crippen LogP contribution is -2.06.